The number of rotatable bonds is 14. The van der Waals surface area contributed by atoms with Crippen LogP contribution in [-0.2, 0) is 30.8 Å². The van der Waals surface area contributed by atoms with Gasteiger partial charge in [0.2, 0.25) is 28.3 Å². The van der Waals surface area contributed by atoms with Gasteiger partial charge in [-0.2, -0.15) is 36.9 Å². The number of aryl methyl sites for hydroxylation is 1. The molecule has 0 atom stereocenters. The molecule has 0 amide bonds. The number of phenolic OH excluding ortho intramolecular Hbond substituents is 1. The van der Waals surface area contributed by atoms with Crippen molar-refractivity contribution >= 4 is 99.3 Å². The maximum absolute atomic E-state index is 12.2. The first-order chi connectivity index (χ1) is 25.1. The van der Waals surface area contributed by atoms with Gasteiger partial charge in [0.05, 0.1) is 32.7 Å². The molecular formula is C28H28ClN7O14S4. The van der Waals surface area contributed by atoms with Gasteiger partial charge in [0.25, 0.3) is 20.2 Å². The molecule has 26 heteroatoms. The zero-order chi connectivity index (χ0) is 39.6. The fourth-order valence-corrected chi connectivity index (χ4v) is 7.00. The number of fused-ring (bicyclic) bond motifs is 1. The number of aromatic nitrogens is 3. The molecule has 54 heavy (non-hydrogen) atoms. The SMILES string of the molecule is O=S(=O)(O)c1cccc(Nc2nc(Cl)nc(Nc3cc(S(=O)(=O)O)cc4cc(S(O)(O)O)c(N=Nc5ccc(CCCOS(O)(O)O)cc5)c(O)c34)n2)c1. The molecule has 11 N–H and O–H groups in total. The van der Waals surface area contributed by atoms with Gasteiger partial charge in [0.1, 0.15) is 16.6 Å². The number of benzene rings is 4. The van der Waals surface area contributed by atoms with E-state index < -0.39 is 79.6 Å². The zero-order valence-corrected chi connectivity index (χ0v) is 30.8. The summed E-state index contributed by atoms with van der Waals surface area (Å²) >= 11 is 2.01. The predicted octanol–water partition coefficient (Wildman–Crippen LogP) is 7.45. The van der Waals surface area contributed by atoms with Crippen LogP contribution in [0, 0.1) is 0 Å². The van der Waals surface area contributed by atoms with E-state index in [-0.39, 0.29) is 40.4 Å². The van der Waals surface area contributed by atoms with Crippen LogP contribution in [0.2, 0.25) is 5.28 Å². The molecule has 21 nitrogen and oxygen atoms in total. The maximum atomic E-state index is 12.2. The van der Waals surface area contributed by atoms with Gasteiger partial charge in [-0.25, -0.2) is 0 Å². The monoisotopic (exact) mass is 849 g/mol. The molecule has 0 radical (unpaired) electrons. The first-order valence-corrected chi connectivity index (χ1v) is 20.8. The first kappa shape index (κ1) is 40.9. The summed E-state index contributed by atoms with van der Waals surface area (Å²) in [7, 11) is -14.2. The third-order valence-corrected chi connectivity index (χ3v) is 10.2. The average molecular weight is 850 g/mol. The number of anilines is 4. The highest BCUT2D eigenvalue weighted by molar-refractivity contribution is 8.19. The molecule has 0 fully saturated rings. The molecule has 1 aromatic heterocycles. The summed E-state index contributed by atoms with van der Waals surface area (Å²) in [5.41, 5.74) is 0.0321. The van der Waals surface area contributed by atoms with Gasteiger partial charge in [-0.05, 0) is 83.9 Å². The van der Waals surface area contributed by atoms with Crippen molar-refractivity contribution in [3.05, 3.63) is 77.6 Å². The smallest absolute Gasteiger partial charge is 0.294 e. The minimum Gasteiger partial charge on any atom is -0.505 e. The summed E-state index contributed by atoms with van der Waals surface area (Å²) in [6.45, 7) is -0.146. The molecule has 0 bridgehead atoms. The lowest BCUT2D eigenvalue weighted by atomic mass is 10.1. The Morgan fingerprint density at radius 1 is 0.741 bits per heavy atom. The third-order valence-electron chi connectivity index (χ3n) is 7.01. The Labute approximate surface area is 313 Å². The number of phenols is 1. The van der Waals surface area contributed by atoms with Gasteiger partial charge in [-0.15, -0.1) is 5.11 Å². The van der Waals surface area contributed by atoms with Crippen LogP contribution in [0.3, 0.4) is 0 Å². The molecule has 0 unspecified atom stereocenters. The van der Waals surface area contributed by atoms with E-state index in [4.69, 9.17) is 25.3 Å². The Morgan fingerprint density at radius 3 is 2.00 bits per heavy atom. The Hall–Kier alpha value is -4.32. The molecule has 1 heterocycles. The second kappa shape index (κ2) is 15.8. The Bertz CT molecular complexity index is 2470. The van der Waals surface area contributed by atoms with Crippen LogP contribution >= 0.6 is 33.6 Å². The highest BCUT2D eigenvalue weighted by atomic mass is 35.5. The van der Waals surface area contributed by atoms with E-state index in [1.54, 1.807) is 12.1 Å². The van der Waals surface area contributed by atoms with E-state index in [2.05, 4.69) is 40.0 Å². The molecular weight excluding hydrogens is 822 g/mol. The fourth-order valence-electron chi connectivity index (χ4n) is 4.74. The van der Waals surface area contributed by atoms with Crippen LogP contribution in [0.25, 0.3) is 10.8 Å². The number of nitrogens with zero attached hydrogens (tertiary/aromatic N) is 5. The Balaban J connectivity index is 1.55. The van der Waals surface area contributed by atoms with Gasteiger partial charge in [0, 0.05) is 11.1 Å². The molecule has 0 aliphatic carbocycles. The molecule has 0 saturated carbocycles. The largest absolute Gasteiger partial charge is 0.505 e. The van der Waals surface area contributed by atoms with Crippen molar-refractivity contribution in [1.82, 2.24) is 15.0 Å². The van der Waals surface area contributed by atoms with Gasteiger partial charge < -0.3 is 29.4 Å². The van der Waals surface area contributed by atoms with Gasteiger partial charge in [-0.1, -0.05) is 18.2 Å². The number of azo groups is 1. The second-order valence-corrected chi connectivity index (χ2v) is 16.7. The van der Waals surface area contributed by atoms with Crippen LogP contribution in [0.4, 0.5) is 34.6 Å². The number of nitrogens with one attached hydrogen (secondary N) is 2. The highest BCUT2D eigenvalue weighted by Gasteiger charge is 2.28. The minimum atomic E-state index is -4.96. The topological polar surface area (TPSA) is 347 Å². The summed E-state index contributed by atoms with van der Waals surface area (Å²) < 4.78 is 129. The second-order valence-electron chi connectivity index (χ2n) is 10.9. The summed E-state index contributed by atoms with van der Waals surface area (Å²) in [4.78, 5) is 9.93. The first-order valence-electron chi connectivity index (χ1n) is 14.6. The molecule has 0 aliphatic heterocycles. The van der Waals surface area contributed by atoms with E-state index in [9.17, 15) is 44.7 Å². The van der Waals surface area contributed by atoms with E-state index in [1.165, 1.54) is 24.3 Å². The minimum absolute atomic E-state index is 0.0877. The Kier molecular flexibility index (Phi) is 12.0. The van der Waals surface area contributed by atoms with Gasteiger partial charge >= 0.3 is 0 Å². The van der Waals surface area contributed by atoms with Crippen molar-refractivity contribution in [2.75, 3.05) is 17.2 Å². The number of hydrogen-bond donors (Lipinski definition) is 11. The average Bonchev–Trinajstić information content (AvgIpc) is 3.04. The van der Waals surface area contributed by atoms with Crippen molar-refractivity contribution in [2.45, 2.75) is 27.5 Å². The summed E-state index contributed by atoms with van der Waals surface area (Å²) in [5, 5.41) is 23.7. The zero-order valence-electron chi connectivity index (χ0n) is 26.8. The van der Waals surface area contributed by atoms with Crippen LogP contribution in [-0.4, -0.2) is 79.9 Å². The van der Waals surface area contributed by atoms with Crippen molar-refractivity contribution in [3.8, 4) is 5.75 Å². The number of hydrogen-bond acceptors (Lipinski definition) is 19. The Morgan fingerprint density at radius 2 is 1.39 bits per heavy atom. The standard InChI is InChI=1S/C28H28ClN7O14S4/c29-26-32-27(30-18-4-1-5-19(13-18)51(38,39)40)34-28(33-26)31-21-14-20(52(41,42)43)11-16-12-22(53(44,45)46)24(25(37)23(16)21)36-35-17-8-6-15(7-9-17)3-2-10-50-54(47,48)49/h1,4-9,11-14,37,44-49H,2-3,10H2,(H,38,39,40)(H,41,42,43)(H2,30,31,32,33,34). The summed E-state index contributed by atoms with van der Waals surface area (Å²) in [6, 6.07) is 13.7. The van der Waals surface area contributed by atoms with Crippen molar-refractivity contribution in [2.24, 2.45) is 10.2 Å². The van der Waals surface area contributed by atoms with Crippen molar-refractivity contribution < 1.29 is 62.5 Å². The predicted molar refractivity (Wildman–Crippen MR) is 197 cm³/mol. The van der Waals surface area contributed by atoms with Crippen LogP contribution in [0.5, 0.6) is 5.75 Å². The van der Waals surface area contributed by atoms with Crippen LogP contribution < -0.4 is 10.6 Å². The van der Waals surface area contributed by atoms with Gasteiger partial charge in [0.15, 0.2) is 5.75 Å². The number of halogens is 1. The third kappa shape index (κ3) is 10.7. The lowest BCUT2D eigenvalue weighted by molar-refractivity contribution is 0.200. The highest BCUT2D eigenvalue weighted by Crippen LogP contribution is 2.55. The van der Waals surface area contributed by atoms with Gasteiger partial charge in [-0.3, -0.25) is 26.9 Å². The molecule has 5 rings (SSSR count). The quantitative estimate of drug-likeness (QED) is 0.0293. The van der Waals surface area contributed by atoms with E-state index >= 15 is 0 Å². The van der Waals surface area contributed by atoms with Crippen LogP contribution in [0.15, 0.2) is 91.6 Å². The molecule has 0 saturated heterocycles. The fraction of sp³-hybridized carbons (Fsp3) is 0.107. The van der Waals surface area contributed by atoms with Crippen molar-refractivity contribution in [3.63, 3.8) is 0 Å². The summed E-state index contributed by atoms with van der Waals surface area (Å²) in [6.07, 6.45) is 0.718. The molecule has 0 aliphatic rings. The summed E-state index contributed by atoms with van der Waals surface area (Å²) in [5.74, 6) is -1.54. The lowest BCUT2D eigenvalue weighted by Gasteiger charge is -2.23. The molecule has 0 spiro atoms. The van der Waals surface area contributed by atoms with E-state index in [0.29, 0.717) is 12.8 Å². The van der Waals surface area contributed by atoms with Crippen LogP contribution in [0.1, 0.15) is 12.0 Å². The maximum Gasteiger partial charge on any atom is 0.294 e. The normalized spacial score (nSPS) is 13.4. The lowest BCUT2D eigenvalue weighted by Crippen LogP contribution is -2.06. The molecule has 4 aromatic carbocycles. The van der Waals surface area contributed by atoms with Crippen molar-refractivity contribution in [1.29, 1.82) is 0 Å². The number of aromatic hydroxyl groups is 1. The van der Waals surface area contributed by atoms with E-state index in [1.807, 2.05) is 0 Å². The van der Waals surface area contributed by atoms with E-state index in [0.717, 1.165) is 35.9 Å². The molecule has 5 aromatic rings. The molecule has 290 valence electrons.